The number of ether oxygens (including phenoxy) is 2. The average Bonchev–Trinajstić information content (AvgIpc) is 3.31. The zero-order valence-corrected chi connectivity index (χ0v) is 26.4. The summed E-state index contributed by atoms with van der Waals surface area (Å²) in [5.74, 6) is 1.14. The molecule has 5 heterocycles. The van der Waals surface area contributed by atoms with Crippen molar-refractivity contribution in [2.24, 2.45) is 17.3 Å². The summed E-state index contributed by atoms with van der Waals surface area (Å²) in [5.41, 5.74) is -0.785. The van der Waals surface area contributed by atoms with Gasteiger partial charge >= 0.3 is 6.01 Å². The predicted octanol–water partition coefficient (Wildman–Crippen LogP) is 5.23. The van der Waals surface area contributed by atoms with Crippen LogP contribution in [0.4, 0.5) is 19.0 Å². The number of piperazine rings is 1. The first kappa shape index (κ1) is 30.0. The van der Waals surface area contributed by atoms with Gasteiger partial charge in [-0.25, -0.2) is 13.2 Å². The lowest BCUT2D eigenvalue weighted by Gasteiger charge is -2.34. The van der Waals surface area contributed by atoms with Gasteiger partial charge in [0.05, 0.1) is 30.9 Å². The fraction of sp³-hybridized carbons (Fsp3) is 0.459. The Bertz CT molecular complexity index is 1990. The summed E-state index contributed by atoms with van der Waals surface area (Å²) in [5, 5.41) is 14.9. The first-order valence-corrected chi connectivity index (χ1v) is 16.8. The molecule has 248 valence electrons. The van der Waals surface area contributed by atoms with Gasteiger partial charge in [0.25, 0.3) is 0 Å². The molecule has 0 radical (unpaired) electrons. The van der Waals surface area contributed by atoms with Crippen LogP contribution in [-0.4, -0.2) is 84.6 Å². The van der Waals surface area contributed by atoms with Gasteiger partial charge in [0.2, 0.25) is 0 Å². The predicted molar refractivity (Wildman–Crippen MR) is 176 cm³/mol. The van der Waals surface area contributed by atoms with Gasteiger partial charge in [-0.05, 0) is 55.3 Å². The van der Waals surface area contributed by atoms with Crippen molar-refractivity contribution in [3.8, 4) is 35.2 Å². The zero-order valence-electron chi connectivity index (χ0n) is 26.4. The number of terminal acetylenes is 1. The number of rotatable bonds is 7. The van der Waals surface area contributed by atoms with Crippen LogP contribution >= 0.6 is 0 Å². The standard InChI is InChI=1S/C37H36F3N5O3/c1-2-26-29(38)6-3-20-9-25(46)10-27(31(20)26)32-30(39)11-28-34(33(32)40)42-36(43-35(28)45-14-23-4-5-24(15-45)41-23)48-19-37(7-8-37)18-44-12-21-16-47-17-22(21)13-44/h1,3,6,9-11,21-24,41,46H,4-5,7-8,12-19H2/t21-,22-,23?,24?/m0/s1. The lowest BCUT2D eigenvalue weighted by Crippen LogP contribution is -2.51. The molecule has 2 bridgehead atoms. The Hall–Kier alpha value is -4.11. The highest BCUT2D eigenvalue weighted by Crippen LogP contribution is 2.48. The maximum atomic E-state index is 16.9. The molecule has 2 N–H and O–H groups in total. The van der Waals surface area contributed by atoms with Crippen molar-refractivity contribution in [3.63, 3.8) is 0 Å². The highest BCUT2D eigenvalue weighted by atomic mass is 19.1. The normalized spacial score (nSPS) is 25.9. The van der Waals surface area contributed by atoms with Crippen LogP contribution in [-0.2, 0) is 4.74 Å². The van der Waals surface area contributed by atoms with Gasteiger partial charge in [-0.15, -0.1) is 6.42 Å². The third-order valence-electron chi connectivity index (χ3n) is 11.2. The van der Waals surface area contributed by atoms with Crippen LogP contribution in [0.2, 0.25) is 0 Å². The molecule has 9 rings (SSSR count). The fourth-order valence-corrected chi connectivity index (χ4v) is 8.58. The molecule has 8 nitrogen and oxygen atoms in total. The van der Waals surface area contributed by atoms with Crippen LogP contribution in [0.15, 0.2) is 30.3 Å². The Morgan fingerprint density at radius 3 is 2.46 bits per heavy atom. The van der Waals surface area contributed by atoms with Gasteiger partial charge in [-0.2, -0.15) is 9.97 Å². The summed E-state index contributed by atoms with van der Waals surface area (Å²) in [7, 11) is 0. The molecule has 5 aliphatic rings. The number of hydrogen-bond acceptors (Lipinski definition) is 8. The Balaban J connectivity index is 1.13. The van der Waals surface area contributed by atoms with Crippen LogP contribution in [0.5, 0.6) is 11.8 Å². The number of nitrogens with one attached hydrogen (secondary N) is 1. The summed E-state index contributed by atoms with van der Waals surface area (Å²) >= 11 is 0. The monoisotopic (exact) mass is 655 g/mol. The van der Waals surface area contributed by atoms with E-state index < -0.39 is 23.0 Å². The van der Waals surface area contributed by atoms with E-state index in [4.69, 9.17) is 20.9 Å². The Labute approximate surface area is 276 Å². The second kappa shape index (κ2) is 11.2. The molecule has 11 heteroatoms. The molecule has 0 spiro atoms. The summed E-state index contributed by atoms with van der Waals surface area (Å²) in [4.78, 5) is 13.9. The van der Waals surface area contributed by atoms with Gasteiger partial charge in [-0.3, -0.25) is 0 Å². The summed E-state index contributed by atoms with van der Waals surface area (Å²) in [6.45, 7) is 6.32. The molecular formula is C37H36F3N5O3. The molecule has 48 heavy (non-hydrogen) atoms. The van der Waals surface area contributed by atoms with E-state index in [9.17, 15) is 9.50 Å². The van der Waals surface area contributed by atoms with E-state index in [0.717, 1.165) is 58.5 Å². The molecule has 2 unspecified atom stereocenters. The first-order chi connectivity index (χ1) is 23.3. The lowest BCUT2D eigenvalue weighted by atomic mass is 9.92. The Morgan fingerprint density at radius 2 is 1.75 bits per heavy atom. The van der Waals surface area contributed by atoms with Crippen molar-refractivity contribution < 1.29 is 27.8 Å². The fourth-order valence-electron chi connectivity index (χ4n) is 8.58. The molecule has 5 fully saturated rings. The maximum absolute atomic E-state index is 16.9. The molecule has 1 aromatic heterocycles. The third-order valence-corrected chi connectivity index (χ3v) is 11.2. The average molecular weight is 656 g/mol. The van der Waals surface area contributed by atoms with E-state index in [1.807, 2.05) is 0 Å². The van der Waals surface area contributed by atoms with Crippen molar-refractivity contribution in [1.29, 1.82) is 0 Å². The van der Waals surface area contributed by atoms with Gasteiger partial charge < -0.3 is 29.7 Å². The highest BCUT2D eigenvalue weighted by molar-refractivity contribution is 6.04. The molecule has 0 amide bonds. The van der Waals surface area contributed by atoms with E-state index in [1.165, 1.54) is 30.3 Å². The van der Waals surface area contributed by atoms with Crippen LogP contribution in [0.3, 0.4) is 0 Å². The largest absolute Gasteiger partial charge is 0.508 e. The van der Waals surface area contributed by atoms with Crippen LogP contribution in [0.25, 0.3) is 32.8 Å². The Kier molecular flexibility index (Phi) is 7.01. The van der Waals surface area contributed by atoms with E-state index in [-0.39, 0.29) is 56.7 Å². The maximum Gasteiger partial charge on any atom is 0.319 e. The van der Waals surface area contributed by atoms with Gasteiger partial charge in [0.15, 0.2) is 5.82 Å². The van der Waals surface area contributed by atoms with Crippen molar-refractivity contribution in [1.82, 2.24) is 20.2 Å². The number of nitrogens with zero attached hydrogens (tertiary/aromatic N) is 4. The number of likely N-dealkylation sites (tertiary alicyclic amines) is 1. The molecule has 4 aliphatic heterocycles. The second-order valence-electron chi connectivity index (χ2n) is 14.5. The molecule has 3 aromatic carbocycles. The molecule has 1 aliphatic carbocycles. The molecular weight excluding hydrogens is 619 g/mol. The third kappa shape index (κ3) is 5.04. The quantitative estimate of drug-likeness (QED) is 0.262. The number of halogens is 3. The Morgan fingerprint density at radius 1 is 1.00 bits per heavy atom. The van der Waals surface area contributed by atoms with E-state index >= 15 is 8.78 Å². The van der Waals surface area contributed by atoms with Crippen molar-refractivity contribution in [3.05, 3.63) is 53.3 Å². The summed E-state index contributed by atoms with van der Waals surface area (Å²) in [6.07, 6.45) is 9.76. The number of aromatic hydroxyl groups is 1. The van der Waals surface area contributed by atoms with E-state index in [0.29, 0.717) is 42.7 Å². The number of hydrogen-bond donors (Lipinski definition) is 2. The zero-order chi connectivity index (χ0) is 32.7. The van der Waals surface area contributed by atoms with Gasteiger partial charge in [0, 0.05) is 78.4 Å². The van der Waals surface area contributed by atoms with Gasteiger partial charge in [0.1, 0.15) is 28.7 Å². The number of phenolic OH excluding ortho intramolecular Hbond substituents is 1. The lowest BCUT2D eigenvalue weighted by molar-refractivity contribution is 0.131. The second-order valence-corrected chi connectivity index (χ2v) is 14.5. The summed E-state index contributed by atoms with van der Waals surface area (Å²) < 4.78 is 60.0. The number of fused-ring (bicyclic) bond motifs is 5. The molecule has 4 aromatic rings. The smallest absolute Gasteiger partial charge is 0.319 e. The van der Waals surface area contributed by atoms with Crippen molar-refractivity contribution in [2.45, 2.75) is 37.8 Å². The minimum atomic E-state index is -0.956. The number of phenols is 1. The highest BCUT2D eigenvalue weighted by Gasteiger charge is 2.48. The minimum absolute atomic E-state index is 0.0190. The minimum Gasteiger partial charge on any atom is -0.508 e. The number of aromatic nitrogens is 2. The van der Waals surface area contributed by atoms with Gasteiger partial charge in [-0.1, -0.05) is 12.0 Å². The van der Waals surface area contributed by atoms with Crippen LogP contribution in [0.1, 0.15) is 31.2 Å². The number of anilines is 1. The van der Waals surface area contributed by atoms with Crippen LogP contribution < -0.4 is 15.0 Å². The molecule has 4 atom stereocenters. The van der Waals surface area contributed by atoms with E-state index in [1.54, 1.807) is 0 Å². The van der Waals surface area contributed by atoms with Crippen molar-refractivity contribution in [2.75, 3.05) is 57.4 Å². The molecule has 1 saturated carbocycles. The topological polar surface area (TPSA) is 83.0 Å². The van der Waals surface area contributed by atoms with E-state index in [2.05, 4.69) is 26.0 Å². The first-order valence-electron chi connectivity index (χ1n) is 16.8. The molecule has 4 saturated heterocycles. The number of benzene rings is 3. The van der Waals surface area contributed by atoms with Crippen molar-refractivity contribution >= 4 is 27.5 Å². The SMILES string of the molecule is C#Cc1c(F)ccc2cc(O)cc(-c3c(F)cc4c(N5CC6CCC(C5)N6)nc(OCC5(CN6C[C@H]7COC[C@@H]7C6)CC5)nc4c3F)c12. The summed E-state index contributed by atoms with van der Waals surface area (Å²) in [6, 6.07) is 6.97. The van der Waals surface area contributed by atoms with Crippen LogP contribution in [0, 0.1) is 47.0 Å².